The van der Waals surface area contributed by atoms with Gasteiger partial charge < -0.3 is 0 Å². The Bertz CT molecular complexity index is 478. The SMILES string of the molecule is CCN(CCc1ccc(Cl)cc1)Cc1ccccc1. The molecule has 0 fully saturated rings. The smallest absolute Gasteiger partial charge is 0.0406 e. The van der Waals surface area contributed by atoms with E-state index in [0.717, 1.165) is 31.1 Å². The molecule has 100 valence electrons. The van der Waals surface area contributed by atoms with E-state index in [1.807, 2.05) is 12.1 Å². The van der Waals surface area contributed by atoms with Gasteiger partial charge in [0.1, 0.15) is 0 Å². The molecule has 0 saturated heterocycles. The molecule has 0 N–H and O–H groups in total. The molecule has 2 aromatic rings. The van der Waals surface area contributed by atoms with Gasteiger partial charge in [0, 0.05) is 18.1 Å². The molecule has 0 spiro atoms. The summed E-state index contributed by atoms with van der Waals surface area (Å²) in [5.41, 5.74) is 2.72. The van der Waals surface area contributed by atoms with Crippen LogP contribution in [0.1, 0.15) is 18.1 Å². The highest BCUT2D eigenvalue weighted by Crippen LogP contribution is 2.11. The molecule has 19 heavy (non-hydrogen) atoms. The average molecular weight is 274 g/mol. The molecule has 2 aromatic carbocycles. The Morgan fingerprint density at radius 2 is 1.58 bits per heavy atom. The summed E-state index contributed by atoms with van der Waals surface area (Å²) in [5, 5.41) is 0.806. The summed E-state index contributed by atoms with van der Waals surface area (Å²) in [4.78, 5) is 2.46. The molecule has 0 radical (unpaired) electrons. The van der Waals surface area contributed by atoms with Crippen LogP contribution in [0.3, 0.4) is 0 Å². The first-order chi connectivity index (χ1) is 9.28. The van der Waals surface area contributed by atoms with Crippen LogP contribution in [0.5, 0.6) is 0 Å². The number of halogens is 1. The fraction of sp³-hybridized carbons (Fsp3) is 0.294. The van der Waals surface area contributed by atoms with Gasteiger partial charge in [0.25, 0.3) is 0 Å². The first kappa shape index (κ1) is 14.1. The highest BCUT2D eigenvalue weighted by molar-refractivity contribution is 6.30. The van der Waals surface area contributed by atoms with Gasteiger partial charge in [-0.2, -0.15) is 0 Å². The van der Waals surface area contributed by atoms with Crippen molar-refractivity contribution in [2.24, 2.45) is 0 Å². The Morgan fingerprint density at radius 1 is 0.895 bits per heavy atom. The molecular weight excluding hydrogens is 254 g/mol. The molecule has 2 rings (SSSR count). The molecule has 0 atom stereocenters. The highest BCUT2D eigenvalue weighted by atomic mass is 35.5. The van der Waals surface area contributed by atoms with Gasteiger partial charge in [0.2, 0.25) is 0 Å². The van der Waals surface area contributed by atoms with E-state index in [2.05, 4.69) is 54.3 Å². The standard InChI is InChI=1S/C17H20ClN/c1-2-19(14-16-6-4-3-5-7-16)13-12-15-8-10-17(18)11-9-15/h3-11H,2,12-14H2,1H3. The van der Waals surface area contributed by atoms with Crippen LogP contribution in [0.25, 0.3) is 0 Å². The Morgan fingerprint density at radius 3 is 2.21 bits per heavy atom. The zero-order valence-corrected chi connectivity index (χ0v) is 12.1. The number of hydrogen-bond acceptors (Lipinski definition) is 1. The second-order valence-electron chi connectivity index (χ2n) is 4.73. The van der Waals surface area contributed by atoms with Crippen molar-refractivity contribution in [1.82, 2.24) is 4.90 Å². The lowest BCUT2D eigenvalue weighted by atomic mass is 10.1. The molecule has 0 aliphatic carbocycles. The fourth-order valence-corrected chi connectivity index (χ4v) is 2.25. The molecule has 0 aromatic heterocycles. The number of benzene rings is 2. The Labute approximate surface area is 120 Å². The van der Waals surface area contributed by atoms with E-state index in [1.165, 1.54) is 11.1 Å². The molecule has 0 amide bonds. The fourth-order valence-electron chi connectivity index (χ4n) is 2.13. The third kappa shape index (κ3) is 4.70. The monoisotopic (exact) mass is 273 g/mol. The number of likely N-dealkylation sites (N-methyl/N-ethyl adjacent to an activating group) is 1. The van der Waals surface area contributed by atoms with Crippen LogP contribution in [-0.4, -0.2) is 18.0 Å². The van der Waals surface area contributed by atoms with E-state index in [1.54, 1.807) is 0 Å². The minimum absolute atomic E-state index is 0.806. The van der Waals surface area contributed by atoms with Gasteiger partial charge in [-0.3, -0.25) is 4.90 Å². The van der Waals surface area contributed by atoms with E-state index < -0.39 is 0 Å². The van der Waals surface area contributed by atoms with Crippen molar-refractivity contribution in [3.05, 3.63) is 70.7 Å². The summed E-state index contributed by atoms with van der Waals surface area (Å²) in [6.45, 7) is 5.38. The molecule has 0 aliphatic heterocycles. The summed E-state index contributed by atoms with van der Waals surface area (Å²) < 4.78 is 0. The second-order valence-corrected chi connectivity index (χ2v) is 5.17. The van der Waals surface area contributed by atoms with Crippen molar-refractivity contribution >= 4 is 11.6 Å². The lowest BCUT2D eigenvalue weighted by molar-refractivity contribution is 0.283. The third-order valence-corrected chi connectivity index (χ3v) is 3.58. The van der Waals surface area contributed by atoms with Crippen molar-refractivity contribution in [2.75, 3.05) is 13.1 Å². The Balaban J connectivity index is 1.87. The molecule has 0 aliphatic rings. The number of nitrogens with zero attached hydrogens (tertiary/aromatic N) is 1. The van der Waals surface area contributed by atoms with Crippen LogP contribution in [0.15, 0.2) is 54.6 Å². The van der Waals surface area contributed by atoms with Crippen LogP contribution in [0.2, 0.25) is 5.02 Å². The van der Waals surface area contributed by atoms with Gasteiger partial charge in [0.05, 0.1) is 0 Å². The molecule has 0 heterocycles. The topological polar surface area (TPSA) is 3.24 Å². The first-order valence-electron chi connectivity index (χ1n) is 6.78. The van der Waals surface area contributed by atoms with Gasteiger partial charge in [-0.15, -0.1) is 0 Å². The predicted molar refractivity (Wildman–Crippen MR) is 82.5 cm³/mol. The summed E-state index contributed by atoms with van der Waals surface area (Å²) in [6, 6.07) is 18.8. The predicted octanol–water partition coefficient (Wildman–Crippen LogP) is 4.40. The van der Waals surface area contributed by atoms with Crippen molar-refractivity contribution in [2.45, 2.75) is 19.9 Å². The van der Waals surface area contributed by atoms with Crippen LogP contribution in [0.4, 0.5) is 0 Å². The summed E-state index contributed by atoms with van der Waals surface area (Å²) in [7, 11) is 0. The Kier molecular flexibility index (Phi) is 5.44. The minimum Gasteiger partial charge on any atom is -0.299 e. The van der Waals surface area contributed by atoms with Crippen molar-refractivity contribution in [1.29, 1.82) is 0 Å². The van der Waals surface area contributed by atoms with E-state index in [4.69, 9.17) is 11.6 Å². The lowest BCUT2D eigenvalue weighted by Gasteiger charge is -2.20. The maximum Gasteiger partial charge on any atom is 0.0406 e. The molecule has 2 heteroatoms. The average Bonchev–Trinajstić information content (AvgIpc) is 2.46. The van der Waals surface area contributed by atoms with Crippen LogP contribution < -0.4 is 0 Å². The van der Waals surface area contributed by atoms with Gasteiger partial charge in [-0.05, 0) is 36.2 Å². The Hall–Kier alpha value is -1.31. The van der Waals surface area contributed by atoms with Crippen molar-refractivity contribution < 1.29 is 0 Å². The third-order valence-electron chi connectivity index (χ3n) is 3.33. The van der Waals surface area contributed by atoms with Gasteiger partial charge in [0.15, 0.2) is 0 Å². The summed E-state index contributed by atoms with van der Waals surface area (Å²) >= 11 is 5.90. The largest absolute Gasteiger partial charge is 0.299 e. The zero-order chi connectivity index (χ0) is 13.5. The summed E-state index contributed by atoms with van der Waals surface area (Å²) in [5.74, 6) is 0. The zero-order valence-electron chi connectivity index (χ0n) is 11.3. The van der Waals surface area contributed by atoms with E-state index >= 15 is 0 Å². The second kappa shape index (κ2) is 7.32. The van der Waals surface area contributed by atoms with Crippen LogP contribution in [-0.2, 0) is 13.0 Å². The van der Waals surface area contributed by atoms with Gasteiger partial charge >= 0.3 is 0 Å². The minimum atomic E-state index is 0.806. The first-order valence-corrected chi connectivity index (χ1v) is 7.16. The van der Waals surface area contributed by atoms with Crippen LogP contribution >= 0.6 is 11.6 Å². The number of rotatable bonds is 6. The van der Waals surface area contributed by atoms with Crippen molar-refractivity contribution in [3.63, 3.8) is 0 Å². The van der Waals surface area contributed by atoms with Crippen molar-refractivity contribution in [3.8, 4) is 0 Å². The van der Waals surface area contributed by atoms with Gasteiger partial charge in [-0.25, -0.2) is 0 Å². The van der Waals surface area contributed by atoms with Gasteiger partial charge in [-0.1, -0.05) is 61.0 Å². The maximum atomic E-state index is 5.90. The quantitative estimate of drug-likeness (QED) is 0.754. The van der Waals surface area contributed by atoms with E-state index in [9.17, 15) is 0 Å². The summed E-state index contributed by atoms with van der Waals surface area (Å²) in [6.07, 6.45) is 1.07. The molecular formula is C17H20ClN. The highest BCUT2D eigenvalue weighted by Gasteiger charge is 2.04. The molecule has 0 unspecified atom stereocenters. The van der Waals surface area contributed by atoms with E-state index in [-0.39, 0.29) is 0 Å². The molecule has 0 saturated carbocycles. The number of hydrogen-bond donors (Lipinski definition) is 0. The molecule has 1 nitrogen and oxygen atoms in total. The molecule has 0 bridgehead atoms. The van der Waals surface area contributed by atoms with E-state index in [0.29, 0.717) is 0 Å². The maximum absolute atomic E-state index is 5.90. The normalized spacial score (nSPS) is 10.9. The van der Waals surface area contributed by atoms with Crippen LogP contribution in [0, 0.1) is 0 Å². The lowest BCUT2D eigenvalue weighted by Crippen LogP contribution is -2.25.